The molecule has 1 amide bonds. The van der Waals surface area contributed by atoms with E-state index in [2.05, 4.69) is 22.3 Å². The van der Waals surface area contributed by atoms with E-state index in [9.17, 15) is 4.79 Å². The first-order chi connectivity index (χ1) is 9.28. The van der Waals surface area contributed by atoms with Crippen molar-refractivity contribution in [3.63, 3.8) is 0 Å². The van der Waals surface area contributed by atoms with Crippen LogP contribution >= 0.6 is 24.8 Å². The molecule has 120 valence electrons. The van der Waals surface area contributed by atoms with Gasteiger partial charge in [-0.05, 0) is 50.0 Å². The second kappa shape index (κ2) is 10.9. The second-order valence-electron chi connectivity index (χ2n) is 5.08. The molecule has 4 nitrogen and oxygen atoms in total. The standard InChI is InChI=1S/C15H23N3O.2ClH/c16-9-7-15(19)17-14-5-3-13(4-6-14)8-12-18-10-1-2-11-18;;/h3-6H,1-2,7-12,16H2,(H,17,19);2*1H. The third-order valence-electron chi connectivity index (χ3n) is 3.52. The van der Waals surface area contributed by atoms with Crippen molar-refractivity contribution >= 4 is 36.4 Å². The van der Waals surface area contributed by atoms with Crippen molar-refractivity contribution in [1.29, 1.82) is 0 Å². The van der Waals surface area contributed by atoms with Gasteiger partial charge in [0.05, 0.1) is 0 Å². The van der Waals surface area contributed by atoms with Gasteiger partial charge in [-0.2, -0.15) is 0 Å². The predicted molar refractivity (Wildman–Crippen MR) is 92.6 cm³/mol. The molecule has 0 spiro atoms. The maximum atomic E-state index is 11.4. The number of carbonyl (C=O) groups excluding carboxylic acids is 1. The third-order valence-corrected chi connectivity index (χ3v) is 3.52. The minimum absolute atomic E-state index is 0. The summed E-state index contributed by atoms with van der Waals surface area (Å²) in [5.74, 6) is -0.0210. The number of carbonyl (C=O) groups is 1. The lowest BCUT2D eigenvalue weighted by molar-refractivity contribution is -0.116. The third kappa shape index (κ3) is 7.14. The van der Waals surface area contributed by atoms with E-state index in [0.717, 1.165) is 18.7 Å². The fourth-order valence-corrected chi connectivity index (χ4v) is 2.40. The van der Waals surface area contributed by atoms with Crippen LogP contribution in [0.1, 0.15) is 24.8 Å². The maximum absolute atomic E-state index is 11.4. The van der Waals surface area contributed by atoms with Crippen molar-refractivity contribution < 1.29 is 4.79 Å². The molecular weight excluding hydrogens is 309 g/mol. The summed E-state index contributed by atoms with van der Waals surface area (Å²) in [4.78, 5) is 13.9. The van der Waals surface area contributed by atoms with Gasteiger partial charge >= 0.3 is 0 Å². The maximum Gasteiger partial charge on any atom is 0.225 e. The number of hydrogen-bond acceptors (Lipinski definition) is 3. The van der Waals surface area contributed by atoms with Crippen LogP contribution in [0, 0.1) is 0 Å². The number of halogens is 2. The van der Waals surface area contributed by atoms with Crippen LogP contribution in [0.15, 0.2) is 24.3 Å². The Morgan fingerprint density at radius 3 is 2.33 bits per heavy atom. The summed E-state index contributed by atoms with van der Waals surface area (Å²) in [6, 6.07) is 8.11. The minimum atomic E-state index is -0.0210. The van der Waals surface area contributed by atoms with Crippen LogP contribution in [0.2, 0.25) is 0 Å². The molecule has 1 saturated heterocycles. The Morgan fingerprint density at radius 1 is 1.14 bits per heavy atom. The molecule has 1 heterocycles. The van der Waals surface area contributed by atoms with E-state index in [1.165, 1.54) is 31.5 Å². The topological polar surface area (TPSA) is 58.4 Å². The highest BCUT2D eigenvalue weighted by molar-refractivity contribution is 5.90. The first kappa shape index (κ1) is 20.2. The Hall–Kier alpha value is -0.810. The molecular formula is C15H25Cl2N3O. The summed E-state index contributed by atoms with van der Waals surface area (Å²) < 4.78 is 0. The van der Waals surface area contributed by atoms with Gasteiger partial charge in [0.2, 0.25) is 5.91 Å². The molecule has 0 radical (unpaired) electrons. The molecule has 1 aliphatic rings. The number of nitrogens with zero attached hydrogens (tertiary/aromatic N) is 1. The van der Waals surface area contributed by atoms with Crippen LogP contribution in [-0.2, 0) is 11.2 Å². The lowest BCUT2D eigenvalue weighted by Gasteiger charge is -2.14. The first-order valence-corrected chi connectivity index (χ1v) is 7.09. The molecule has 3 N–H and O–H groups in total. The SMILES string of the molecule is Cl.Cl.NCCC(=O)Nc1ccc(CCN2CCCC2)cc1. The fourth-order valence-electron chi connectivity index (χ4n) is 2.40. The van der Waals surface area contributed by atoms with Gasteiger partial charge in [-0.1, -0.05) is 12.1 Å². The quantitative estimate of drug-likeness (QED) is 0.840. The average Bonchev–Trinajstić information content (AvgIpc) is 2.91. The highest BCUT2D eigenvalue weighted by Gasteiger charge is 2.10. The van der Waals surface area contributed by atoms with Crippen molar-refractivity contribution in [2.45, 2.75) is 25.7 Å². The zero-order valence-electron chi connectivity index (χ0n) is 12.2. The van der Waals surface area contributed by atoms with Crippen LogP contribution in [0.4, 0.5) is 5.69 Å². The van der Waals surface area contributed by atoms with Gasteiger partial charge in [0.15, 0.2) is 0 Å². The zero-order chi connectivity index (χ0) is 13.5. The number of benzene rings is 1. The number of nitrogens with one attached hydrogen (secondary N) is 1. The largest absolute Gasteiger partial charge is 0.330 e. The van der Waals surface area contributed by atoms with Gasteiger partial charge < -0.3 is 16.0 Å². The molecule has 2 rings (SSSR count). The Labute approximate surface area is 139 Å². The summed E-state index contributed by atoms with van der Waals surface area (Å²) in [5, 5.41) is 2.84. The van der Waals surface area contributed by atoms with Crippen molar-refractivity contribution in [2.24, 2.45) is 5.73 Å². The van der Waals surface area contributed by atoms with Gasteiger partial charge in [-0.3, -0.25) is 4.79 Å². The van der Waals surface area contributed by atoms with Crippen LogP contribution in [0.25, 0.3) is 0 Å². The molecule has 0 aliphatic carbocycles. The van der Waals surface area contributed by atoms with E-state index in [-0.39, 0.29) is 30.7 Å². The minimum Gasteiger partial charge on any atom is -0.330 e. The number of rotatable bonds is 6. The molecule has 0 atom stereocenters. The summed E-state index contributed by atoms with van der Waals surface area (Å²) in [7, 11) is 0. The van der Waals surface area contributed by atoms with Crippen molar-refractivity contribution in [2.75, 3.05) is 31.5 Å². The molecule has 1 aromatic carbocycles. The smallest absolute Gasteiger partial charge is 0.225 e. The molecule has 21 heavy (non-hydrogen) atoms. The monoisotopic (exact) mass is 333 g/mol. The predicted octanol–water partition coefficient (Wildman–Crippen LogP) is 2.46. The van der Waals surface area contributed by atoms with E-state index < -0.39 is 0 Å². The van der Waals surface area contributed by atoms with E-state index in [4.69, 9.17) is 5.73 Å². The highest BCUT2D eigenvalue weighted by Crippen LogP contribution is 2.12. The summed E-state index contributed by atoms with van der Waals surface area (Å²) >= 11 is 0. The molecule has 6 heteroatoms. The van der Waals surface area contributed by atoms with E-state index in [1.54, 1.807) is 0 Å². The Balaban J connectivity index is 0.00000200. The van der Waals surface area contributed by atoms with Gasteiger partial charge in [0.25, 0.3) is 0 Å². The van der Waals surface area contributed by atoms with E-state index in [1.807, 2.05) is 12.1 Å². The Morgan fingerprint density at radius 2 is 1.76 bits per heavy atom. The van der Waals surface area contributed by atoms with Crippen molar-refractivity contribution in [1.82, 2.24) is 4.90 Å². The summed E-state index contributed by atoms with van der Waals surface area (Å²) in [5.41, 5.74) is 7.51. The van der Waals surface area contributed by atoms with Crippen molar-refractivity contribution in [3.8, 4) is 0 Å². The van der Waals surface area contributed by atoms with Gasteiger partial charge in [-0.15, -0.1) is 24.8 Å². The zero-order valence-corrected chi connectivity index (χ0v) is 13.8. The average molecular weight is 334 g/mol. The fraction of sp³-hybridized carbons (Fsp3) is 0.533. The van der Waals surface area contributed by atoms with E-state index in [0.29, 0.717) is 13.0 Å². The van der Waals surface area contributed by atoms with Crippen LogP contribution in [0.5, 0.6) is 0 Å². The molecule has 0 bridgehead atoms. The lowest BCUT2D eigenvalue weighted by Crippen LogP contribution is -2.21. The normalized spacial score (nSPS) is 14.1. The van der Waals surface area contributed by atoms with Gasteiger partial charge in [0.1, 0.15) is 0 Å². The first-order valence-electron chi connectivity index (χ1n) is 7.09. The van der Waals surface area contributed by atoms with Crippen LogP contribution in [-0.4, -0.2) is 37.0 Å². The summed E-state index contributed by atoms with van der Waals surface area (Å²) in [6.45, 7) is 4.01. The summed E-state index contributed by atoms with van der Waals surface area (Å²) in [6.07, 6.45) is 4.13. The highest BCUT2D eigenvalue weighted by atomic mass is 35.5. The molecule has 1 fully saturated rings. The number of nitrogens with two attached hydrogens (primary N) is 1. The van der Waals surface area contributed by atoms with Crippen LogP contribution in [0.3, 0.4) is 0 Å². The number of hydrogen-bond donors (Lipinski definition) is 2. The Kier molecular flexibility index (Phi) is 10.4. The lowest BCUT2D eigenvalue weighted by atomic mass is 10.1. The Bertz CT molecular complexity index is 406. The van der Waals surface area contributed by atoms with Crippen molar-refractivity contribution in [3.05, 3.63) is 29.8 Å². The molecule has 0 saturated carbocycles. The number of anilines is 1. The molecule has 0 unspecified atom stereocenters. The number of likely N-dealkylation sites (tertiary alicyclic amines) is 1. The van der Waals surface area contributed by atoms with Gasteiger partial charge in [-0.25, -0.2) is 0 Å². The molecule has 1 aliphatic heterocycles. The molecule has 1 aromatic rings. The molecule has 0 aromatic heterocycles. The number of amides is 1. The van der Waals surface area contributed by atoms with Gasteiger partial charge in [0, 0.05) is 25.2 Å². The van der Waals surface area contributed by atoms with E-state index >= 15 is 0 Å². The second-order valence-corrected chi connectivity index (χ2v) is 5.08. The van der Waals surface area contributed by atoms with Crippen LogP contribution < -0.4 is 11.1 Å².